The molecule has 24 heavy (non-hydrogen) atoms. The maximum Gasteiger partial charge on any atom is 0.416 e. The van der Waals surface area contributed by atoms with Gasteiger partial charge >= 0.3 is 6.18 Å². The van der Waals surface area contributed by atoms with Crippen molar-refractivity contribution < 1.29 is 27.6 Å². The van der Waals surface area contributed by atoms with Gasteiger partial charge in [0.25, 0.3) is 0 Å². The summed E-state index contributed by atoms with van der Waals surface area (Å²) in [7, 11) is 0. The number of benzene rings is 1. The Bertz CT molecular complexity index is 685. The van der Waals surface area contributed by atoms with Crippen LogP contribution in [0.15, 0.2) is 24.3 Å². The van der Waals surface area contributed by atoms with Crippen LogP contribution in [0.25, 0.3) is 0 Å². The molecule has 1 aliphatic carbocycles. The third-order valence-corrected chi connectivity index (χ3v) is 4.50. The molecule has 2 amide bonds. The van der Waals surface area contributed by atoms with Crippen molar-refractivity contribution in [3.05, 3.63) is 29.8 Å². The molecule has 0 spiro atoms. The molecule has 1 saturated heterocycles. The third kappa shape index (κ3) is 3.00. The standard InChI is InChI=1S/C16H15F3N2O3/c17-16(18,19)8-4-6-9(7-5-8)20-14(23)12-13(22)10-2-1-3-11(10)21-15(12)24/h4-7,10-12H,1-3H2,(H,20,23)(H,21,24)/t10-,11+,12?/m1/s1. The maximum atomic E-state index is 12.5. The molecule has 5 nitrogen and oxygen atoms in total. The number of hydrogen-bond donors (Lipinski definition) is 2. The molecular formula is C16H15F3N2O3. The van der Waals surface area contributed by atoms with E-state index < -0.39 is 35.3 Å². The summed E-state index contributed by atoms with van der Waals surface area (Å²) in [4.78, 5) is 36.6. The lowest BCUT2D eigenvalue weighted by Gasteiger charge is -2.30. The molecule has 1 unspecified atom stereocenters. The lowest BCUT2D eigenvalue weighted by Crippen LogP contribution is -2.56. The molecule has 1 aromatic carbocycles. The van der Waals surface area contributed by atoms with E-state index in [2.05, 4.69) is 10.6 Å². The smallest absolute Gasteiger partial charge is 0.352 e. The Morgan fingerprint density at radius 3 is 2.42 bits per heavy atom. The summed E-state index contributed by atoms with van der Waals surface area (Å²) in [6.45, 7) is 0. The normalized spacial score (nSPS) is 26.7. The number of halogens is 3. The molecule has 0 radical (unpaired) electrons. The zero-order chi connectivity index (χ0) is 17.5. The Balaban J connectivity index is 1.72. The topological polar surface area (TPSA) is 75.3 Å². The highest BCUT2D eigenvalue weighted by Gasteiger charge is 2.48. The Kier molecular flexibility index (Phi) is 4.06. The highest BCUT2D eigenvalue weighted by molar-refractivity contribution is 6.23. The first kappa shape index (κ1) is 16.5. The second-order valence-electron chi connectivity index (χ2n) is 6.05. The van der Waals surface area contributed by atoms with Crippen molar-refractivity contribution in [1.82, 2.24) is 5.32 Å². The van der Waals surface area contributed by atoms with E-state index >= 15 is 0 Å². The summed E-state index contributed by atoms with van der Waals surface area (Å²) in [6, 6.07) is 3.62. The van der Waals surface area contributed by atoms with Gasteiger partial charge < -0.3 is 10.6 Å². The van der Waals surface area contributed by atoms with Crippen LogP contribution < -0.4 is 10.6 Å². The van der Waals surface area contributed by atoms with Crippen LogP contribution in [0.4, 0.5) is 18.9 Å². The minimum atomic E-state index is -4.47. The van der Waals surface area contributed by atoms with Crippen LogP contribution in [0.2, 0.25) is 0 Å². The van der Waals surface area contributed by atoms with Crippen LogP contribution in [-0.4, -0.2) is 23.6 Å². The quantitative estimate of drug-likeness (QED) is 0.810. The van der Waals surface area contributed by atoms with Gasteiger partial charge in [-0.05, 0) is 37.1 Å². The van der Waals surface area contributed by atoms with Gasteiger partial charge in [-0.3, -0.25) is 14.4 Å². The zero-order valence-corrected chi connectivity index (χ0v) is 12.5. The van der Waals surface area contributed by atoms with Gasteiger partial charge in [0.1, 0.15) is 0 Å². The summed E-state index contributed by atoms with van der Waals surface area (Å²) < 4.78 is 37.5. The number of piperidine rings is 1. The van der Waals surface area contributed by atoms with Gasteiger partial charge in [0.05, 0.1) is 5.56 Å². The van der Waals surface area contributed by atoms with Gasteiger partial charge in [-0.15, -0.1) is 0 Å². The van der Waals surface area contributed by atoms with E-state index in [1.54, 1.807) is 0 Å². The molecule has 3 rings (SSSR count). The predicted octanol–water partition coefficient (Wildman–Crippen LogP) is 2.13. The van der Waals surface area contributed by atoms with Crippen molar-refractivity contribution in [1.29, 1.82) is 0 Å². The van der Waals surface area contributed by atoms with E-state index in [1.807, 2.05) is 0 Å². The molecule has 0 bridgehead atoms. The number of nitrogens with one attached hydrogen (secondary N) is 2. The number of rotatable bonds is 2. The van der Waals surface area contributed by atoms with Crippen molar-refractivity contribution in [3.8, 4) is 0 Å². The molecule has 8 heteroatoms. The monoisotopic (exact) mass is 340 g/mol. The van der Waals surface area contributed by atoms with Crippen molar-refractivity contribution in [3.63, 3.8) is 0 Å². The number of carbonyl (C=O) groups excluding carboxylic acids is 3. The first-order valence-electron chi connectivity index (χ1n) is 7.59. The summed E-state index contributed by atoms with van der Waals surface area (Å²) >= 11 is 0. The molecule has 0 aromatic heterocycles. The number of fused-ring (bicyclic) bond motifs is 1. The van der Waals surface area contributed by atoms with Gasteiger partial charge in [0, 0.05) is 17.6 Å². The number of anilines is 1. The fourth-order valence-electron chi connectivity index (χ4n) is 3.29. The van der Waals surface area contributed by atoms with E-state index in [4.69, 9.17) is 0 Å². The van der Waals surface area contributed by atoms with Crippen LogP contribution in [0.3, 0.4) is 0 Å². The highest BCUT2D eigenvalue weighted by Crippen LogP contribution is 2.33. The molecule has 1 aliphatic heterocycles. The van der Waals surface area contributed by atoms with Gasteiger partial charge in [0.2, 0.25) is 11.8 Å². The van der Waals surface area contributed by atoms with Crippen LogP contribution >= 0.6 is 0 Å². The van der Waals surface area contributed by atoms with Crippen molar-refractivity contribution in [2.45, 2.75) is 31.5 Å². The van der Waals surface area contributed by atoms with E-state index in [-0.39, 0.29) is 17.6 Å². The molecule has 1 saturated carbocycles. The van der Waals surface area contributed by atoms with Gasteiger partial charge in [-0.25, -0.2) is 0 Å². The summed E-state index contributed by atoms with van der Waals surface area (Å²) in [6.07, 6.45) is -2.31. The lowest BCUT2D eigenvalue weighted by atomic mass is 9.84. The summed E-state index contributed by atoms with van der Waals surface area (Å²) in [5.74, 6) is -3.68. The van der Waals surface area contributed by atoms with Crippen LogP contribution in [-0.2, 0) is 20.6 Å². The Hall–Kier alpha value is -2.38. The fraction of sp³-hybridized carbons (Fsp3) is 0.438. The van der Waals surface area contributed by atoms with Crippen LogP contribution in [0.5, 0.6) is 0 Å². The fourth-order valence-corrected chi connectivity index (χ4v) is 3.29. The molecule has 2 N–H and O–H groups in total. The van der Waals surface area contributed by atoms with Gasteiger partial charge in [-0.1, -0.05) is 6.42 Å². The second kappa shape index (κ2) is 5.92. The molecule has 1 aromatic rings. The second-order valence-corrected chi connectivity index (χ2v) is 6.05. The average Bonchev–Trinajstić information content (AvgIpc) is 2.95. The zero-order valence-electron chi connectivity index (χ0n) is 12.5. The first-order valence-corrected chi connectivity index (χ1v) is 7.59. The van der Waals surface area contributed by atoms with Crippen LogP contribution in [0, 0.1) is 11.8 Å². The number of alkyl halides is 3. The number of Topliss-reactive ketones (excluding diaryl/α,β-unsaturated/α-hetero) is 1. The first-order chi connectivity index (χ1) is 11.3. The van der Waals surface area contributed by atoms with Crippen LogP contribution in [0.1, 0.15) is 24.8 Å². The van der Waals surface area contributed by atoms with E-state index in [9.17, 15) is 27.6 Å². The minimum absolute atomic E-state index is 0.0992. The Morgan fingerprint density at radius 1 is 1.12 bits per heavy atom. The van der Waals surface area contributed by atoms with E-state index in [0.717, 1.165) is 37.1 Å². The molecule has 2 aliphatic rings. The Labute approximate surface area is 135 Å². The summed E-state index contributed by atoms with van der Waals surface area (Å²) in [5, 5.41) is 5.03. The van der Waals surface area contributed by atoms with Crippen molar-refractivity contribution in [2.24, 2.45) is 11.8 Å². The number of hydrogen-bond acceptors (Lipinski definition) is 3. The largest absolute Gasteiger partial charge is 0.416 e. The number of ketones is 1. The molecule has 128 valence electrons. The maximum absolute atomic E-state index is 12.5. The number of amides is 2. The molecule has 1 heterocycles. The lowest BCUT2D eigenvalue weighted by molar-refractivity contribution is -0.145. The minimum Gasteiger partial charge on any atom is -0.352 e. The van der Waals surface area contributed by atoms with Crippen molar-refractivity contribution in [2.75, 3.05) is 5.32 Å². The average molecular weight is 340 g/mol. The predicted molar refractivity (Wildman–Crippen MR) is 77.8 cm³/mol. The summed E-state index contributed by atoms with van der Waals surface area (Å²) in [5.41, 5.74) is -0.747. The van der Waals surface area contributed by atoms with E-state index in [0.29, 0.717) is 6.42 Å². The van der Waals surface area contributed by atoms with E-state index in [1.165, 1.54) is 0 Å². The third-order valence-electron chi connectivity index (χ3n) is 4.50. The van der Waals surface area contributed by atoms with Crippen molar-refractivity contribution >= 4 is 23.3 Å². The Morgan fingerprint density at radius 2 is 1.79 bits per heavy atom. The SMILES string of the molecule is O=C(Nc1ccc(C(F)(F)F)cc1)C1C(=O)N[C@H]2CCC[C@H]2C1=O. The molecule has 2 fully saturated rings. The number of carbonyl (C=O) groups is 3. The van der Waals surface area contributed by atoms with Gasteiger partial charge in [0.15, 0.2) is 11.7 Å². The molecular weight excluding hydrogens is 325 g/mol. The highest BCUT2D eigenvalue weighted by atomic mass is 19.4. The molecule has 3 atom stereocenters. The van der Waals surface area contributed by atoms with Gasteiger partial charge in [-0.2, -0.15) is 13.2 Å².